The number of alkyl carbamates (subject to hydrolysis) is 1. The Morgan fingerprint density at radius 2 is 2.00 bits per heavy atom. The number of hydrogen-bond donors (Lipinski definition) is 1. The zero-order valence-corrected chi connectivity index (χ0v) is 15.5. The van der Waals surface area contributed by atoms with Gasteiger partial charge in [-0.2, -0.15) is 4.68 Å². The maximum atomic E-state index is 12.1. The number of aromatic nitrogens is 4. The molecule has 0 atom stereocenters. The Hall–Kier alpha value is -2.84. The maximum Gasteiger partial charge on any atom is 0.407 e. The van der Waals surface area contributed by atoms with Gasteiger partial charge in [0.1, 0.15) is 18.8 Å². The van der Waals surface area contributed by atoms with Gasteiger partial charge >= 0.3 is 6.09 Å². The van der Waals surface area contributed by atoms with Gasteiger partial charge in [-0.25, -0.2) is 4.79 Å². The zero-order chi connectivity index (χ0) is 18.9. The van der Waals surface area contributed by atoms with E-state index in [0.29, 0.717) is 36.5 Å². The molecular weight excluding hydrogens is 350 g/mol. The molecule has 4 rings (SSSR count). The number of benzene rings is 1. The molecule has 0 bridgehead atoms. The highest BCUT2D eigenvalue weighted by atomic mass is 16.6. The molecule has 2 aromatic rings. The van der Waals surface area contributed by atoms with Crippen LogP contribution in [0.1, 0.15) is 38.4 Å². The number of rotatable bonds is 3. The number of fused-ring (bicyclic) bond motifs is 1. The molecule has 1 aromatic heterocycles. The van der Waals surface area contributed by atoms with Crippen molar-refractivity contribution >= 4 is 6.09 Å². The number of methoxy groups -OCH3 is 1. The molecule has 27 heavy (non-hydrogen) atoms. The van der Waals surface area contributed by atoms with Crippen molar-refractivity contribution in [1.82, 2.24) is 25.5 Å². The van der Waals surface area contributed by atoms with Crippen LogP contribution in [0.3, 0.4) is 0 Å². The minimum atomic E-state index is -0.670. The summed E-state index contributed by atoms with van der Waals surface area (Å²) < 4.78 is 17.8. The summed E-state index contributed by atoms with van der Waals surface area (Å²) in [5, 5.41) is 15.3. The molecule has 1 N–H and O–H groups in total. The van der Waals surface area contributed by atoms with Crippen LogP contribution in [-0.2, 0) is 10.3 Å². The summed E-state index contributed by atoms with van der Waals surface area (Å²) in [6.07, 6.45) is 2.94. The van der Waals surface area contributed by atoms with Crippen molar-refractivity contribution in [3.63, 3.8) is 0 Å². The first-order valence-electron chi connectivity index (χ1n) is 9.16. The third-order valence-electron chi connectivity index (χ3n) is 5.32. The minimum Gasteiger partial charge on any atom is -0.486 e. The number of tetrazole rings is 1. The lowest BCUT2D eigenvalue weighted by Gasteiger charge is -2.38. The molecule has 2 aliphatic rings. The molecule has 1 saturated carbocycles. The number of carbonyl (C=O) groups is 1. The van der Waals surface area contributed by atoms with Crippen LogP contribution in [-0.4, -0.2) is 46.6 Å². The van der Waals surface area contributed by atoms with Gasteiger partial charge < -0.3 is 19.5 Å². The molecule has 0 saturated heterocycles. The van der Waals surface area contributed by atoms with Crippen molar-refractivity contribution in [2.45, 2.75) is 38.1 Å². The molecule has 1 aliphatic heterocycles. The average molecular weight is 373 g/mol. The van der Waals surface area contributed by atoms with E-state index in [-0.39, 0.29) is 0 Å². The van der Waals surface area contributed by atoms with Crippen molar-refractivity contribution in [2.75, 3.05) is 20.3 Å². The number of ether oxygens (including phenoxy) is 3. The second-order valence-corrected chi connectivity index (χ2v) is 7.12. The number of nitrogens with zero attached hydrogens (tertiary/aromatic N) is 4. The summed E-state index contributed by atoms with van der Waals surface area (Å²) in [6, 6.07) is 5.58. The third kappa shape index (κ3) is 3.29. The molecule has 1 aliphatic carbocycles. The summed E-state index contributed by atoms with van der Waals surface area (Å²) in [5.41, 5.74) is 0.0833. The summed E-state index contributed by atoms with van der Waals surface area (Å²) in [4.78, 5) is 12.1. The summed E-state index contributed by atoms with van der Waals surface area (Å²) in [5.74, 6) is 2.55. The fourth-order valence-corrected chi connectivity index (χ4v) is 3.73. The van der Waals surface area contributed by atoms with E-state index in [1.807, 2.05) is 18.2 Å². The molecule has 1 fully saturated rings. The first-order chi connectivity index (χ1) is 13.1. The summed E-state index contributed by atoms with van der Waals surface area (Å²) in [6.45, 7) is 3.25. The fourth-order valence-electron chi connectivity index (χ4n) is 3.73. The van der Waals surface area contributed by atoms with E-state index in [1.54, 1.807) is 4.68 Å². The Morgan fingerprint density at radius 1 is 1.26 bits per heavy atom. The minimum absolute atomic E-state index is 0.485. The number of hydrogen-bond acceptors (Lipinski definition) is 7. The lowest BCUT2D eigenvalue weighted by Crippen LogP contribution is -2.49. The van der Waals surface area contributed by atoms with Crippen molar-refractivity contribution in [3.05, 3.63) is 24.0 Å². The molecule has 1 aromatic carbocycles. The standard InChI is InChI=1S/C18H23N5O4/c1-12-5-7-18(8-6-12,19-17(24)25-2)16-20-21-22-23(16)13-3-4-14-15(11-13)27-10-9-26-14/h3-4,11-12H,5-10H2,1-2H3,(H,19,24). The van der Waals surface area contributed by atoms with E-state index in [9.17, 15) is 4.79 Å². The Morgan fingerprint density at radius 3 is 2.74 bits per heavy atom. The van der Waals surface area contributed by atoms with Crippen LogP contribution < -0.4 is 14.8 Å². The average Bonchev–Trinajstić information content (AvgIpc) is 3.20. The van der Waals surface area contributed by atoms with Crippen LogP contribution in [0, 0.1) is 5.92 Å². The highest BCUT2D eigenvalue weighted by molar-refractivity contribution is 5.68. The molecular formula is C18H23N5O4. The first kappa shape index (κ1) is 17.6. The maximum absolute atomic E-state index is 12.1. The van der Waals surface area contributed by atoms with Crippen molar-refractivity contribution < 1.29 is 19.0 Å². The van der Waals surface area contributed by atoms with Gasteiger partial charge in [0, 0.05) is 6.07 Å². The second kappa shape index (κ2) is 7.05. The van der Waals surface area contributed by atoms with Crippen LogP contribution in [0.5, 0.6) is 11.5 Å². The van der Waals surface area contributed by atoms with Gasteiger partial charge in [0.25, 0.3) is 0 Å². The smallest absolute Gasteiger partial charge is 0.407 e. The van der Waals surface area contributed by atoms with E-state index < -0.39 is 11.6 Å². The molecule has 1 amide bonds. The largest absolute Gasteiger partial charge is 0.486 e. The van der Waals surface area contributed by atoms with Gasteiger partial charge in [-0.1, -0.05) is 6.92 Å². The zero-order valence-electron chi connectivity index (χ0n) is 15.5. The van der Waals surface area contributed by atoms with Gasteiger partial charge in [0.05, 0.1) is 12.8 Å². The van der Waals surface area contributed by atoms with E-state index in [4.69, 9.17) is 14.2 Å². The SMILES string of the molecule is COC(=O)NC1(c2nnnn2-c2ccc3c(c2)OCCO3)CCC(C)CC1. The Balaban J connectivity index is 1.73. The Labute approximate surface area is 157 Å². The van der Waals surface area contributed by atoms with Crippen LogP contribution in [0.2, 0.25) is 0 Å². The number of amides is 1. The lowest BCUT2D eigenvalue weighted by atomic mass is 9.76. The van der Waals surface area contributed by atoms with Crippen molar-refractivity contribution in [2.24, 2.45) is 5.92 Å². The van der Waals surface area contributed by atoms with E-state index in [1.165, 1.54) is 7.11 Å². The summed E-state index contributed by atoms with van der Waals surface area (Å²) in [7, 11) is 1.36. The van der Waals surface area contributed by atoms with E-state index in [0.717, 1.165) is 31.4 Å². The highest BCUT2D eigenvalue weighted by Gasteiger charge is 2.42. The summed E-state index contributed by atoms with van der Waals surface area (Å²) >= 11 is 0. The van der Waals surface area contributed by atoms with E-state index >= 15 is 0 Å². The normalized spacial score (nSPS) is 24.3. The Kier molecular flexibility index (Phi) is 4.59. The third-order valence-corrected chi connectivity index (χ3v) is 5.32. The fraction of sp³-hybridized carbons (Fsp3) is 0.556. The quantitative estimate of drug-likeness (QED) is 0.880. The number of carbonyl (C=O) groups excluding carboxylic acids is 1. The van der Waals surface area contributed by atoms with Crippen LogP contribution in [0.25, 0.3) is 5.69 Å². The molecule has 0 radical (unpaired) electrons. The topological polar surface area (TPSA) is 100 Å². The van der Waals surface area contributed by atoms with Crippen molar-refractivity contribution in [1.29, 1.82) is 0 Å². The van der Waals surface area contributed by atoms with Crippen LogP contribution >= 0.6 is 0 Å². The van der Waals surface area contributed by atoms with Gasteiger partial charge in [0.15, 0.2) is 17.3 Å². The van der Waals surface area contributed by atoms with Gasteiger partial charge in [0.2, 0.25) is 0 Å². The highest BCUT2D eigenvalue weighted by Crippen LogP contribution is 2.40. The molecule has 9 nitrogen and oxygen atoms in total. The van der Waals surface area contributed by atoms with Crippen molar-refractivity contribution in [3.8, 4) is 17.2 Å². The predicted octanol–water partition coefficient (Wildman–Crippen LogP) is 2.19. The second-order valence-electron chi connectivity index (χ2n) is 7.12. The van der Waals surface area contributed by atoms with Gasteiger partial charge in [-0.15, -0.1) is 5.10 Å². The van der Waals surface area contributed by atoms with E-state index in [2.05, 4.69) is 27.8 Å². The van der Waals surface area contributed by atoms with Crippen LogP contribution in [0.4, 0.5) is 4.79 Å². The predicted molar refractivity (Wildman–Crippen MR) is 95.0 cm³/mol. The molecule has 9 heteroatoms. The monoisotopic (exact) mass is 373 g/mol. The molecule has 144 valence electrons. The Bertz CT molecular complexity index is 829. The van der Waals surface area contributed by atoms with Gasteiger partial charge in [-0.3, -0.25) is 0 Å². The van der Waals surface area contributed by atoms with Crippen LogP contribution in [0.15, 0.2) is 18.2 Å². The molecule has 0 unspecified atom stereocenters. The van der Waals surface area contributed by atoms with Gasteiger partial charge in [-0.05, 0) is 54.2 Å². The molecule has 0 spiro atoms. The number of nitrogens with one attached hydrogen (secondary N) is 1. The first-order valence-corrected chi connectivity index (χ1v) is 9.16. The molecule has 2 heterocycles. The lowest BCUT2D eigenvalue weighted by molar-refractivity contribution is 0.130.